The number of nitrogens with zero attached hydrogens (tertiary/aromatic N) is 2. The van der Waals surface area contributed by atoms with Crippen LogP contribution in [0, 0.1) is 0 Å². The van der Waals surface area contributed by atoms with Crippen LogP contribution in [0.4, 0.5) is 0 Å². The van der Waals surface area contributed by atoms with Crippen molar-refractivity contribution in [3.8, 4) is 0 Å². The fraction of sp³-hybridized carbons (Fsp3) is 1.00. The molecular weight excluding hydrogens is 304 g/mol. The summed E-state index contributed by atoms with van der Waals surface area (Å²) in [5, 5.41) is 6.81. The van der Waals surface area contributed by atoms with Gasteiger partial charge in [0, 0.05) is 39.3 Å². The largest absolute Gasteiger partial charge is 0.379 e. The molecule has 6 nitrogen and oxygen atoms in total. The lowest BCUT2D eigenvalue weighted by Gasteiger charge is -2.14. The maximum Gasteiger partial charge on any atom is 0.0594 e. The summed E-state index contributed by atoms with van der Waals surface area (Å²) < 4.78 is 11.3. The van der Waals surface area contributed by atoms with E-state index in [1.165, 1.54) is 51.9 Å². The summed E-state index contributed by atoms with van der Waals surface area (Å²) in [6.45, 7) is 14.5. The van der Waals surface area contributed by atoms with Gasteiger partial charge in [-0.15, -0.1) is 0 Å². The van der Waals surface area contributed by atoms with E-state index in [-0.39, 0.29) is 0 Å². The Morgan fingerprint density at radius 2 is 0.958 bits per heavy atom. The van der Waals surface area contributed by atoms with Crippen molar-refractivity contribution >= 4 is 0 Å². The van der Waals surface area contributed by atoms with Crippen LogP contribution in [0.5, 0.6) is 0 Å². The predicted octanol–water partition coefficient (Wildman–Crippen LogP) is 0.390. The number of rotatable bonds is 15. The zero-order valence-electron chi connectivity index (χ0n) is 15.4. The molecule has 0 radical (unpaired) electrons. The van der Waals surface area contributed by atoms with Crippen LogP contribution in [0.1, 0.15) is 25.7 Å². The third kappa shape index (κ3) is 9.91. The van der Waals surface area contributed by atoms with E-state index < -0.39 is 0 Å². The van der Waals surface area contributed by atoms with Gasteiger partial charge in [0.25, 0.3) is 0 Å². The zero-order valence-corrected chi connectivity index (χ0v) is 15.4. The normalized spacial score (nSPS) is 19.5. The second kappa shape index (κ2) is 14.0. The van der Waals surface area contributed by atoms with E-state index in [9.17, 15) is 0 Å². The lowest BCUT2D eigenvalue weighted by atomic mass is 10.4. The molecule has 0 amide bonds. The van der Waals surface area contributed by atoms with E-state index in [0.717, 1.165) is 65.7 Å². The van der Waals surface area contributed by atoms with Crippen LogP contribution in [-0.2, 0) is 9.47 Å². The smallest absolute Gasteiger partial charge is 0.0594 e. The molecule has 2 saturated heterocycles. The summed E-state index contributed by atoms with van der Waals surface area (Å²) in [7, 11) is 0. The average molecular weight is 343 g/mol. The number of ether oxygens (including phenoxy) is 2. The quantitative estimate of drug-likeness (QED) is 0.420. The van der Waals surface area contributed by atoms with Crippen LogP contribution in [0.25, 0.3) is 0 Å². The highest BCUT2D eigenvalue weighted by Gasteiger charge is 2.10. The molecule has 24 heavy (non-hydrogen) atoms. The van der Waals surface area contributed by atoms with Crippen molar-refractivity contribution < 1.29 is 9.47 Å². The van der Waals surface area contributed by atoms with Gasteiger partial charge >= 0.3 is 0 Å². The first kappa shape index (κ1) is 20.1. The molecule has 0 aromatic rings. The van der Waals surface area contributed by atoms with E-state index in [1.807, 2.05) is 0 Å². The van der Waals surface area contributed by atoms with E-state index in [1.54, 1.807) is 0 Å². The molecule has 0 atom stereocenters. The maximum absolute atomic E-state index is 5.66. The zero-order chi connectivity index (χ0) is 16.7. The first-order valence-electron chi connectivity index (χ1n) is 9.97. The molecule has 2 heterocycles. The minimum atomic E-state index is 0.813. The van der Waals surface area contributed by atoms with Crippen molar-refractivity contribution in [2.75, 3.05) is 91.9 Å². The fourth-order valence-corrected chi connectivity index (χ4v) is 3.32. The molecule has 2 rings (SSSR count). The van der Waals surface area contributed by atoms with Crippen molar-refractivity contribution in [3.63, 3.8) is 0 Å². The first-order valence-corrected chi connectivity index (χ1v) is 9.97. The molecule has 0 aliphatic carbocycles. The molecule has 0 bridgehead atoms. The predicted molar refractivity (Wildman–Crippen MR) is 98.7 cm³/mol. The summed E-state index contributed by atoms with van der Waals surface area (Å²) in [4.78, 5) is 4.98. The van der Waals surface area contributed by atoms with Gasteiger partial charge in [0.05, 0.1) is 26.4 Å². The van der Waals surface area contributed by atoms with Gasteiger partial charge in [-0.05, 0) is 51.9 Å². The van der Waals surface area contributed by atoms with Gasteiger partial charge in [0.1, 0.15) is 0 Å². The van der Waals surface area contributed by atoms with Gasteiger partial charge in [-0.2, -0.15) is 0 Å². The van der Waals surface area contributed by atoms with Crippen LogP contribution >= 0.6 is 0 Å². The van der Waals surface area contributed by atoms with Gasteiger partial charge in [-0.1, -0.05) is 0 Å². The molecule has 142 valence electrons. The van der Waals surface area contributed by atoms with Crippen LogP contribution in [-0.4, -0.2) is 102 Å². The molecule has 2 aliphatic heterocycles. The van der Waals surface area contributed by atoms with Crippen molar-refractivity contribution in [1.82, 2.24) is 20.4 Å². The number of hydrogen-bond donors (Lipinski definition) is 2. The number of likely N-dealkylation sites (tertiary alicyclic amines) is 2. The van der Waals surface area contributed by atoms with Gasteiger partial charge in [-0.3, -0.25) is 0 Å². The number of nitrogens with one attached hydrogen (secondary N) is 2. The molecule has 0 aromatic heterocycles. The Hall–Kier alpha value is -0.240. The highest BCUT2D eigenvalue weighted by Crippen LogP contribution is 2.06. The van der Waals surface area contributed by atoms with Crippen molar-refractivity contribution in [1.29, 1.82) is 0 Å². The van der Waals surface area contributed by atoms with Crippen molar-refractivity contribution in [3.05, 3.63) is 0 Å². The van der Waals surface area contributed by atoms with Crippen LogP contribution in [0.3, 0.4) is 0 Å². The summed E-state index contributed by atoms with van der Waals surface area (Å²) in [5.41, 5.74) is 0. The highest BCUT2D eigenvalue weighted by atomic mass is 16.5. The van der Waals surface area contributed by atoms with Gasteiger partial charge < -0.3 is 29.9 Å². The third-order valence-electron chi connectivity index (χ3n) is 4.83. The van der Waals surface area contributed by atoms with E-state index >= 15 is 0 Å². The van der Waals surface area contributed by atoms with Crippen LogP contribution < -0.4 is 10.6 Å². The lowest BCUT2D eigenvalue weighted by molar-refractivity contribution is 0.111. The van der Waals surface area contributed by atoms with E-state index in [4.69, 9.17) is 9.47 Å². The Kier molecular flexibility index (Phi) is 11.7. The second-order valence-corrected chi connectivity index (χ2v) is 6.82. The first-order chi connectivity index (χ1) is 11.9. The Labute approximate surface area is 148 Å². The topological polar surface area (TPSA) is 49.0 Å². The standard InChI is InChI=1S/C18H38N4O2/c1-2-10-21(9-1)13-17-23-15-7-19-5-6-20-8-16-24-18-14-22-11-3-4-12-22/h19-20H,1-18H2. The molecule has 2 N–H and O–H groups in total. The molecule has 2 fully saturated rings. The van der Waals surface area contributed by atoms with E-state index in [2.05, 4.69) is 20.4 Å². The minimum Gasteiger partial charge on any atom is -0.379 e. The summed E-state index contributed by atoms with van der Waals surface area (Å²) in [6, 6.07) is 0. The molecule has 0 saturated carbocycles. The number of hydrogen-bond acceptors (Lipinski definition) is 6. The molecule has 0 unspecified atom stereocenters. The van der Waals surface area contributed by atoms with Gasteiger partial charge in [0.15, 0.2) is 0 Å². The van der Waals surface area contributed by atoms with Crippen molar-refractivity contribution in [2.24, 2.45) is 0 Å². The van der Waals surface area contributed by atoms with E-state index in [0.29, 0.717) is 0 Å². The lowest BCUT2D eigenvalue weighted by Crippen LogP contribution is -2.32. The van der Waals surface area contributed by atoms with Crippen LogP contribution in [0.2, 0.25) is 0 Å². The third-order valence-corrected chi connectivity index (χ3v) is 4.83. The Morgan fingerprint density at radius 3 is 1.38 bits per heavy atom. The summed E-state index contributed by atoms with van der Waals surface area (Å²) >= 11 is 0. The fourth-order valence-electron chi connectivity index (χ4n) is 3.32. The Morgan fingerprint density at radius 1 is 0.542 bits per heavy atom. The molecule has 0 aromatic carbocycles. The Bertz CT molecular complexity index is 254. The average Bonchev–Trinajstić information content (AvgIpc) is 3.28. The molecule has 0 spiro atoms. The van der Waals surface area contributed by atoms with Crippen molar-refractivity contribution in [2.45, 2.75) is 25.7 Å². The van der Waals surface area contributed by atoms with Crippen LogP contribution in [0.15, 0.2) is 0 Å². The summed E-state index contributed by atoms with van der Waals surface area (Å²) in [5.74, 6) is 0. The molecule has 6 heteroatoms. The second-order valence-electron chi connectivity index (χ2n) is 6.82. The van der Waals surface area contributed by atoms with Gasteiger partial charge in [0.2, 0.25) is 0 Å². The Balaban J connectivity index is 1.21. The minimum absolute atomic E-state index is 0.813. The van der Waals surface area contributed by atoms with Gasteiger partial charge in [-0.25, -0.2) is 0 Å². The SMILES string of the molecule is C1CCN(CCOCCNCCNCCOCCN2CCCC2)C1. The summed E-state index contributed by atoms with van der Waals surface area (Å²) in [6.07, 6.45) is 5.44. The molecular formula is C18H38N4O2. The highest BCUT2D eigenvalue weighted by molar-refractivity contribution is 4.66. The molecule has 2 aliphatic rings. The maximum atomic E-state index is 5.66. The monoisotopic (exact) mass is 342 g/mol.